The molecule has 0 atom stereocenters. The molecule has 0 fully saturated rings. The molecular weight excluding hydrogens is 360 g/mol. The number of hydrogen-bond donors (Lipinski definition) is 2. The van der Waals surface area contributed by atoms with Gasteiger partial charge in [0, 0.05) is 23.1 Å². The zero-order valence-electron chi connectivity index (χ0n) is 13.5. The van der Waals surface area contributed by atoms with E-state index >= 15 is 0 Å². The van der Waals surface area contributed by atoms with Crippen molar-refractivity contribution >= 4 is 35.2 Å². The molecule has 3 N–H and O–H groups in total. The third-order valence-electron chi connectivity index (χ3n) is 3.25. The van der Waals surface area contributed by atoms with Gasteiger partial charge in [-0.05, 0) is 23.8 Å². The minimum atomic E-state index is -0.657. The van der Waals surface area contributed by atoms with Crippen LogP contribution in [0.4, 0.5) is 0 Å². The second kappa shape index (κ2) is 9.96. The molecule has 2 aromatic rings. The van der Waals surface area contributed by atoms with E-state index in [0.29, 0.717) is 11.6 Å². The topological polar surface area (TPSA) is 81.4 Å². The summed E-state index contributed by atoms with van der Waals surface area (Å²) < 4.78 is 5.36. The first kappa shape index (κ1) is 19.1. The Morgan fingerprint density at radius 2 is 1.92 bits per heavy atom. The van der Waals surface area contributed by atoms with Crippen LogP contribution in [0.5, 0.6) is 5.75 Å². The number of thioether (sulfide) groups is 1. The first-order chi connectivity index (χ1) is 12.1. The van der Waals surface area contributed by atoms with Crippen LogP contribution in [-0.2, 0) is 10.5 Å². The summed E-state index contributed by atoms with van der Waals surface area (Å²) in [4.78, 5) is 23.2. The lowest BCUT2D eigenvalue weighted by Gasteiger charge is -2.10. The first-order valence-corrected chi connectivity index (χ1v) is 9.20. The van der Waals surface area contributed by atoms with Crippen molar-refractivity contribution in [3.63, 3.8) is 0 Å². The van der Waals surface area contributed by atoms with Crippen molar-refractivity contribution in [3.8, 4) is 5.75 Å². The van der Waals surface area contributed by atoms with E-state index in [4.69, 9.17) is 22.1 Å². The summed E-state index contributed by atoms with van der Waals surface area (Å²) in [5, 5.41) is 3.15. The summed E-state index contributed by atoms with van der Waals surface area (Å²) in [6, 6.07) is 14.6. The molecule has 0 spiro atoms. The molecule has 132 valence electrons. The van der Waals surface area contributed by atoms with E-state index in [1.165, 1.54) is 17.7 Å². The fourth-order valence-corrected chi connectivity index (χ4v) is 3.03. The molecule has 0 aliphatic rings. The molecule has 0 heterocycles. The number of halogens is 1. The molecule has 0 saturated carbocycles. The maximum atomic E-state index is 11.8. The number of benzene rings is 2. The van der Waals surface area contributed by atoms with Crippen molar-refractivity contribution < 1.29 is 14.3 Å². The molecule has 2 amide bonds. The average molecular weight is 379 g/mol. The summed E-state index contributed by atoms with van der Waals surface area (Å²) >= 11 is 7.56. The molecule has 25 heavy (non-hydrogen) atoms. The molecule has 0 aliphatic heterocycles. The SMILES string of the molecule is NC(=O)c1cc(Cl)ccc1OCC(=O)NCCSCc1ccccc1. The van der Waals surface area contributed by atoms with Crippen molar-refractivity contribution in [1.29, 1.82) is 0 Å². The Morgan fingerprint density at radius 3 is 2.64 bits per heavy atom. The zero-order chi connectivity index (χ0) is 18.1. The van der Waals surface area contributed by atoms with Gasteiger partial charge in [0.25, 0.3) is 11.8 Å². The Kier molecular flexibility index (Phi) is 7.63. The summed E-state index contributed by atoms with van der Waals surface area (Å²) in [7, 11) is 0. The fraction of sp³-hybridized carbons (Fsp3) is 0.222. The fourth-order valence-electron chi connectivity index (χ4n) is 2.04. The molecule has 0 bridgehead atoms. The molecule has 0 saturated heterocycles. The number of nitrogens with one attached hydrogen (secondary N) is 1. The van der Waals surface area contributed by atoms with Gasteiger partial charge >= 0.3 is 0 Å². The lowest BCUT2D eigenvalue weighted by Crippen LogP contribution is -2.31. The van der Waals surface area contributed by atoms with Crippen LogP contribution in [0.25, 0.3) is 0 Å². The second-order valence-electron chi connectivity index (χ2n) is 5.18. The Bertz CT molecular complexity index is 726. The largest absolute Gasteiger partial charge is 0.483 e. The van der Waals surface area contributed by atoms with Gasteiger partial charge in [-0.25, -0.2) is 0 Å². The van der Waals surface area contributed by atoms with Crippen molar-refractivity contribution in [3.05, 3.63) is 64.7 Å². The van der Waals surface area contributed by atoms with E-state index in [1.54, 1.807) is 17.8 Å². The molecule has 0 unspecified atom stereocenters. The highest BCUT2D eigenvalue weighted by molar-refractivity contribution is 7.98. The molecule has 2 aromatic carbocycles. The standard InChI is InChI=1S/C18H19ClN2O3S/c19-14-6-7-16(15(10-14)18(20)23)24-11-17(22)21-8-9-25-12-13-4-2-1-3-5-13/h1-7,10H,8-9,11-12H2,(H2,20,23)(H,21,22). The van der Waals surface area contributed by atoms with Crippen LogP contribution in [0.1, 0.15) is 15.9 Å². The number of primary amides is 1. The number of carbonyl (C=O) groups excluding carboxylic acids is 2. The van der Waals surface area contributed by atoms with Crippen molar-refractivity contribution in [1.82, 2.24) is 5.32 Å². The number of hydrogen-bond acceptors (Lipinski definition) is 4. The van der Waals surface area contributed by atoms with Crippen LogP contribution >= 0.6 is 23.4 Å². The van der Waals surface area contributed by atoms with Gasteiger partial charge in [0.05, 0.1) is 5.56 Å². The van der Waals surface area contributed by atoms with Gasteiger partial charge < -0.3 is 15.8 Å². The van der Waals surface area contributed by atoms with Crippen molar-refractivity contribution in [2.45, 2.75) is 5.75 Å². The predicted molar refractivity (Wildman–Crippen MR) is 101 cm³/mol. The molecule has 0 radical (unpaired) electrons. The van der Waals surface area contributed by atoms with Gasteiger partial charge in [-0.15, -0.1) is 0 Å². The highest BCUT2D eigenvalue weighted by atomic mass is 35.5. The third kappa shape index (κ3) is 6.68. The molecule has 5 nitrogen and oxygen atoms in total. The quantitative estimate of drug-likeness (QED) is 0.657. The van der Waals surface area contributed by atoms with Gasteiger partial charge in [-0.2, -0.15) is 11.8 Å². The Hall–Kier alpha value is -2.18. The van der Waals surface area contributed by atoms with E-state index in [0.717, 1.165) is 11.5 Å². The van der Waals surface area contributed by atoms with Gasteiger partial charge in [-0.1, -0.05) is 41.9 Å². The summed E-state index contributed by atoms with van der Waals surface area (Å²) in [5.41, 5.74) is 6.68. The van der Waals surface area contributed by atoms with Gasteiger partial charge in [-0.3, -0.25) is 9.59 Å². The van der Waals surface area contributed by atoms with E-state index in [1.807, 2.05) is 18.2 Å². The molecule has 0 aliphatic carbocycles. The van der Waals surface area contributed by atoms with Crippen LogP contribution in [-0.4, -0.2) is 30.7 Å². The molecule has 7 heteroatoms. The maximum absolute atomic E-state index is 11.8. The number of nitrogens with two attached hydrogens (primary N) is 1. The number of carbonyl (C=O) groups is 2. The van der Waals surface area contributed by atoms with Crippen molar-refractivity contribution in [2.75, 3.05) is 18.9 Å². The summed E-state index contributed by atoms with van der Waals surface area (Å²) in [6.45, 7) is 0.355. The van der Waals surface area contributed by atoms with Crippen LogP contribution in [0.3, 0.4) is 0 Å². The van der Waals surface area contributed by atoms with E-state index in [-0.39, 0.29) is 23.8 Å². The Balaban J connectivity index is 1.68. The molecular formula is C18H19ClN2O3S. The number of rotatable bonds is 9. The van der Waals surface area contributed by atoms with Gasteiger partial charge in [0.15, 0.2) is 6.61 Å². The minimum Gasteiger partial charge on any atom is -0.483 e. The smallest absolute Gasteiger partial charge is 0.257 e. The summed E-state index contributed by atoms with van der Waals surface area (Å²) in [5.74, 6) is 1.03. The van der Waals surface area contributed by atoms with E-state index in [2.05, 4.69) is 17.4 Å². The Labute approximate surface area is 155 Å². The lowest BCUT2D eigenvalue weighted by atomic mass is 10.2. The van der Waals surface area contributed by atoms with E-state index in [9.17, 15) is 9.59 Å². The maximum Gasteiger partial charge on any atom is 0.257 e. The normalized spacial score (nSPS) is 10.3. The summed E-state index contributed by atoms with van der Waals surface area (Å²) in [6.07, 6.45) is 0. The highest BCUT2D eigenvalue weighted by Gasteiger charge is 2.11. The van der Waals surface area contributed by atoms with Gasteiger partial charge in [0.2, 0.25) is 0 Å². The highest BCUT2D eigenvalue weighted by Crippen LogP contribution is 2.22. The minimum absolute atomic E-state index is 0.152. The van der Waals surface area contributed by atoms with Crippen LogP contribution in [0.2, 0.25) is 5.02 Å². The number of ether oxygens (including phenoxy) is 1. The third-order valence-corrected chi connectivity index (χ3v) is 4.51. The monoisotopic (exact) mass is 378 g/mol. The predicted octanol–water partition coefficient (Wildman–Crippen LogP) is 2.87. The van der Waals surface area contributed by atoms with Gasteiger partial charge in [0.1, 0.15) is 5.75 Å². The van der Waals surface area contributed by atoms with Crippen molar-refractivity contribution in [2.24, 2.45) is 5.73 Å². The average Bonchev–Trinajstić information content (AvgIpc) is 2.61. The molecule has 0 aromatic heterocycles. The number of amides is 2. The van der Waals surface area contributed by atoms with E-state index < -0.39 is 5.91 Å². The second-order valence-corrected chi connectivity index (χ2v) is 6.72. The molecule has 2 rings (SSSR count). The Morgan fingerprint density at radius 1 is 1.16 bits per heavy atom. The van der Waals surface area contributed by atoms with Crippen LogP contribution in [0.15, 0.2) is 48.5 Å². The zero-order valence-corrected chi connectivity index (χ0v) is 15.1. The van der Waals surface area contributed by atoms with Crippen LogP contribution in [0, 0.1) is 0 Å². The first-order valence-electron chi connectivity index (χ1n) is 7.67. The van der Waals surface area contributed by atoms with Crippen LogP contribution < -0.4 is 15.8 Å². The lowest BCUT2D eigenvalue weighted by molar-refractivity contribution is -0.122.